The predicted octanol–water partition coefficient (Wildman–Crippen LogP) is -6.03. The molecule has 0 aromatic heterocycles. The average Bonchev–Trinajstić information content (AvgIpc) is 2.91. The van der Waals surface area contributed by atoms with Crippen LogP contribution in [0.3, 0.4) is 0 Å². The van der Waals surface area contributed by atoms with Gasteiger partial charge in [0.2, 0.25) is 0 Å². The standard InChI is InChI=1S/C23H40O17/c1-5-9(25)12(28)15(31)22(36-5)39-18-10(26)6(2)35-20(33)19(18)40-23-16(32)13(29)17(7(3)37-23)38-21-14(30)11(27)8(24)4-34-21/h5-33H,4H2,1-3H3/t5-,6+,7-,8+,9-,10+,11-,12+,13-,14+,15+,16+,17-,18-,19+,20-,21-,22-,23-/m0/s1. The molecule has 0 unspecified atom stereocenters. The number of aliphatic hydroxyl groups is 10. The molecule has 0 saturated carbocycles. The summed E-state index contributed by atoms with van der Waals surface area (Å²) in [7, 11) is 0. The minimum atomic E-state index is -1.82. The third-order valence-electron chi connectivity index (χ3n) is 7.69. The minimum absolute atomic E-state index is 0.356. The minimum Gasteiger partial charge on any atom is -0.388 e. The van der Waals surface area contributed by atoms with Gasteiger partial charge in [-0.05, 0) is 20.8 Å². The second-order valence-electron chi connectivity index (χ2n) is 10.6. The molecular weight excluding hydrogens is 548 g/mol. The summed E-state index contributed by atoms with van der Waals surface area (Å²) in [6.45, 7) is 3.94. The van der Waals surface area contributed by atoms with Gasteiger partial charge in [-0.15, -0.1) is 0 Å². The molecule has 17 heteroatoms. The van der Waals surface area contributed by atoms with E-state index in [2.05, 4.69) is 0 Å². The molecular formula is C23H40O17. The van der Waals surface area contributed by atoms with Crippen LogP contribution in [0, 0.1) is 0 Å². The Bertz CT molecular complexity index is 822. The first-order chi connectivity index (χ1) is 18.7. The summed E-state index contributed by atoms with van der Waals surface area (Å²) in [5, 5.41) is 103. The van der Waals surface area contributed by atoms with Crippen molar-refractivity contribution < 1.29 is 84.2 Å². The summed E-state index contributed by atoms with van der Waals surface area (Å²) in [5.74, 6) is 0. The first-order valence-electron chi connectivity index (χ1n) is 13.1. The summed E-state index contributed by atoms with van der Waals surface area (Å²) in [4.78, 5) is 0. The maximum absolute atomic E-state index is 10.8. The zero-order chi connectivity index (χ0) is 29.6. The van der Waals surface area contributed by atoms with Crippen LogP contribution in [0.1, 0.15) is 20.8 Å². The maximum Gasteiger partial charge on any atom is 0.187 e. The molecule has 40 heavy (non-hydrogen) atoms. The van der Waals surface area contributed by atoms with Gasteiger partial charge in [0.1, 0.15) is 73.2 Å². The summed E-state index contributed by atoms with van der Waals surface area (Å²) < 4.78 is 38.6. The summed E-state index contributed by atoms with van der Waals surface area (Å²) in [5.41, 5.74) is 0. The second kappa shape index (κ2) is 12.9. The molecule has 4 saturated heterocycles. The SMILES string of the molecule is C[C@@H]1O[C@@H](O[C@H]2[C@H](O)[C@@H](C)O[C@H](O)[C@@H]2O[C@@H]2O[C@@H](C)[C@H](O[C@@H]3OC[C@@H](O)[C@H](O)[C@H]3O)[C@@H](O)[C@H]2O)[C@H](O)[C@H](O)[C@H]1O. The molecule has 0 radical (unpaired) electrons. The molecule has 0 aliphatic carbocycles. The predicted molar refractivity (Wildman–Crippen MR) is 124 cm³/mol. The molecule has 10 N–H and O–H groups in total. The van der Waals surface area contributed by atoms with E-state index in [0.29, 0.717) is 0 Å². The van der Waals surface area contributed by atoms with Gasteiger partial charge in [-0.2, -0.15) is 0 Å². The van der Waals surface area contributed by atoms with Crippen LogP contribution in [0.4, 0.5) is 0 Å². The van der Waals surface area contributed by atoms with E-state index < -0.39 is 117 Å². The molecule has 19 atom stereocenters. The molecule has 0 amide bonds. The largest absolute Gasteiger partial charge is 0.388 e. The molecule has 4 rings (SSSR count). The van der Waals surface area contributed by atoms with Crippen molar-refractivity contribution in [3.8, 4) is 0 Å². The molecule has 0 aromatic carbocycles. The molecule has 0 bridgehead atoms. The third kappa shape index (κ3) is 6.31. The molecule has 0 spiro atoms. The van der Waals surface area contributed by atoms with Crippen LogP contribution in [0.5, 0.6) is 0 Å². The van der Waals surface area contributed by atoms with E-state index in [9.17, 15) is 51.1 Å². The van der Waals surface area contributed by atoms with Gasteiger partial charge in [0.15, 0.2) is 25.2 Å². The Labute approximate surface area is 228 Å². The number of rotatable bonds is 6. The number of ether oxygens (including phenoxy) is 7. The summed E-state index contributed by atoms with van der Waals surface area (Å²) >= 11 is 0. The Morgan fingerprint density at radius 3 is 1.60 bits per heavy atom. The molecule has 4 aliphatic rings. The van der Waals surface area contributed by atoms with Gasteiger partial charge in [0.25, 0.3) is 0 Å². The lowest BCUT2D eigenvalue weighted by Gasteiger charge is -2.48. The van der Waals surface area contributed by atoms with Gasteiger partial charge in [0.05, 0.1) is 24.9 Å². The van der Waals surface area contributed by atoms with Crippen LogP contribution in [0.15, 0.2) is 0 Å². The van der Waals surface area contributed by atoms with Gasteiger partial charge < -0.3 is 84.2 Å². The highest BCUT2D eigenvalue weighted by molar-refractivity contribution is 4.95. The first kappa shape index (κ1) is 32.2. The van der Waals surface area contributed by atoms with E-state index in [4.69, 9.17) is 33.2 Å². The van der Waals surface area contributed by atoms with Crippen LogP contribution in [-0.4, -0.2) is 174 Å². The van der Waals surface area contributed by atoms with Crippen molar-refractivity contribution in [3.05, 3.63) is 0 Å². The fraction of sp³-hybridized carbons (Fsp3) is 1.00. The molecule has 4 fully saturated rings. The highest BCUT2D eigenvalue weighted by Crippen LogP contribution is 2.33. The van der Waals surface area contributed by atoms with E-state index in [0.717, 1.165) is 0 Å². The van der Waals surface area contributed by atoms with Crippen molar-refractivity contribution in [2.45, 2.75) is 137 Å². The van der Waals surface area contributed by atoms with Crippen molar-refractivity contribution in [1.29, 1.82) is 0 Å². The van der Waals surface area contributed by atoms with E-state index in [1.165, 1.54) is 20.8 Å². The lowest BCUT2D eigenvalue weighted by atomic mass is 9.96. The van der Waals surface area contributed by atoms with Gasteiger partial charge in [0, 0.05) is 0 Å². The Kier molecular flexibility index (Phi) is 10.4. The molecule has 0 aromatic rings. The summed E-state index contributed by atoms with van der Waals surface area (Å²) in [6, 6.07) is 0. The molecule has 234 valence electrons. The second-order valence-corrected chi connectivity index (χ2v) is 10.6. The normalized spacial score (nSPS) is 56.2. The highest BCUT2D eigenvalue weighted by Gasteiger charge is 2.53. The first-order valence-corrected chi connectivity index (χ1v) is 13.1. The average molecular weight is 589 g/mol. The monoisotopic (exact) mass is 588 g/mol. The molecule has 4 heterocycles. The van der Waals surface area contributed by atoms with E-state index >= 15 is 0 Å². The van der Waals surface area contributed by atoms with E-state index in [1.807, 2.05) is 0 Å². The van der Waals surface area contributed by atoms with Crippen molar-refractivity contribution in [3.63, 3.8) is 0 Å². The Morgan fingerprint density at radius 2 is 0.950 bits per heavy atom. The number of hydrogen-bond donors (Lipinski definition) is 10. The van der Waals surface area contributed by atoms with Crippen molar-refractivity contribution >= 4 is 0 Å². The molecule has 4 aliphatic heterocycles. The van der Waals surface area contributed by atoms with Gasteiger partial charge in [-0.25, -0.2) is 0 Å². The Morgan fingerprint density at radius 1 is 0.450 bits per heavy atom. The van der Waals surface area contributed by atoms with Crippen molar-refractivity contribution in [1.82, 2.24) is 0 Å². The summed E-state index contributed by atoms with van der Waals surface area (Å²) in [6.07, 6.45) is -28.2. The maximum atomic E-state index is 10.8. The topological polar surface area (TPSA) is 267 Å². The Hall–Kier alpha value is -0.680. The van der Waals surface area contributed by atoms with Crippen LogP contribution in [0.25, 0.3) is 0 Å². The van der Waals surface area contributed by atoms with Crippen LogP contribution >= 0.6 is 0 Å². The zero-order valence-corrected chi connectivity index (χ0v) is 22.0. The number of hydrogen-bond acceptors (Lipinski definition) is 17. The van der Waals surface area contributed by atoms with E-state index in [-0.39, 0.29) is 6.61 Å². The lowest BCUT2D eigenvalue weighted by molar-refractivity contribution is -0.389. The van der Waals surface area contributed by atoms with E-state index in [1.54, 1.807) is 0 Å². The quantitative estimate of drug-likeness (QED) is 0.138. The zero-order valence-electron chi connectivity index (χ0n) is 22.0. The van der Waals surface area contributed by atoms with Gasteiger partial charge in [-0.1, -0.05) is 0 Å². The van der Waals surface area contributed by atoms with Crippen molar-refractivity contribution in [2.75, 3.05) is 6.61 Å². The third-order valence-corrected chi connectivity index (χ3v) is 7.69. The van der Waals surface area contributed by atoms with Crippen LogP contribution in [-0.2, 0) is 33.2 Å². The molecule has 17 nitrogen and oxygen atoms in total. The van der Waals surface area contributed by atoms with Crippen molar-refractivity contribution in [2.24, 2.45) is 0 Å². The Balaban J connectivity index is 1.45. The van der Waals surface area contributed by atoms with Crippen LogP contribution < -0.4 is 0 Å². The fourth-order valence-corrected chi connectivity index (χ4v) is 5.10. The van der Waals surface area contributed by atoms with Gasteiger partial charge >= 0.3 is 0 Å². The van der Waals surface area contributed by atoms with Gasteiger partial charge in [-0.3, -0.25) is 0 Å². The van der Waals surface area contributed by atoms with Crippen LogP contribution in [0.2, 0.25) is 0 Å². The smallest absolute Gasteiger partial charge is 0.187 e. The number of aliphatic hydroxyl groups excluding tert-OH is 10. The fourth-order valence-electron chi connectivity index (χ4n) is 5.10. The lowest BCUT2D eigenvalue weighted by Crippen LogP contribution is -2.66. The highest BCUT2D eigenvalue weighted by atomic mass is 16.8.